The normalized spacial score (nSPS) is 11.0. The summed E-state index contributed by atoms with van der Waals surface area (Å²) in [5.74, 6) is 0.789. The average Bonchev–Trinajstić information content (AvgIpc) is 3.12. The Morgan fingerprint density at radius 1 is 0.857 bits per heavy atom. The fourth-order valence-electron chi connectivity index (χ4n) is 2.40. The lowest BCUT2D eigenvalue weighted by molar-refractivity contribution is 0.102. The Morgan fingerprint density at radius 2 is 1.50 bits per heavy atom. The number of para-hydroxylation sites is 1. The van der Waals surface area contributed by atoms with E-state index < -0.39 is 6.03 Å². The highest BCUT2D eigenvalue weighted by Crippen LogP contribution is 2.24. The van der Waals surface area contributed by atoms with Crippen molar-refractivity contribution in [2.75, 3.05) is 16.0 Å². The van der Waals surface area contributed by atoms with E-state index in [0.29, 0.717) is 22.8 Å². The molecule has 0 spiro atoms. The smallest absolute Gasteiger partial charge is 0.324 e. The molecule has 0 radical (unpaired) electrons. The number of benzene rings is 2. The number of hydrogen-bond donors (Lipinski definition) is 3. The molecule has 7 nitrogen and oxygen atoms in total. The summed E-state index contributed by atoms with van der Waals surface area (Å²) in [5, 5.41) is 12.0. The zero-order chi connectivity index (χ0) is 20.1. The third kappa shape index (κ3) is 4.97. The summed E-state index contributed by atoms with van der Waals surface area (Å²) >= 11 is 0. The maximum Gasteiger partial charge on any atom is 0.324 e. The van der Waals surface area contributed by atoms with Gasteiger partial charge in [-0.05, 0) is 36.4 Å². The zero-order valence-corrected chi connectivity index (χ0v) is 15.9. The molecule has 3 N–H and O–H groups in total. The molecule has 3 amide bonds. The van der Waals surface area contributed by atoms with E-state index in [0.717, 1.165) is 5.69 Å². The van der Waals surface area contributed by atoms with E-state index in [4.69, 9.17) is 4.52 Å². The molecule has 2 aromatic carbocycles. The summed E-state index contributed by atoms with van der Waals surface area (Å²) in [6.45, 7) is 5.98. The zero-order valence-electron chi connectivity index (χ0n) is 15.9. The molecular formula is C21H22N4O3. The second-order valence-corrected chi connectivity index (χ2v) is 7.30. The summed E-state index contributed by atoms with van der Waals surface area (Å²) in [7, 11) is 0. The van der Waals surface area contributed by atoms with Gasteiger partial charge < -0.3 is 15.2 Å². The largest absolute Gasteiger partial charge is 0.359 e. The summed E-state index contributed by atoms with van der Waals surface area (Å²) in [4.78, 5) is 24.4. The predicted molar refractivity (Wildman–Crippen MR) is 109 cm³/mol. The van der Waals surface area contributed by atoms with E-state index in [2.05, 4.69) is 21.1 Å². The maximum absolute atomic E-state index is 12.2. The fraction of sp³-hybridized carbons (Fsp3) is 0.190. The lowest BCUT2D eigenvalue weighted by atomic mass is 9.93. The number of aromatic nitrogens is 1. The van der Waals surface area contributed by atoms with Crippen LogP contribution in [0.2, 0.25) is 0 Å². The topological polar surface area (TPSA) is 96.3 Å². The number of anilines is 3. The van der Waals surface area contributed by atoms with Crippen LogP contribution in [0.25, 0.3) is 0 Å². The van der Waals surface area contributed by atoms with Crippen LogP contribution in [0.3, 0.4) is 0 Å². The van der Waals surface area contributed by atoms with Gasteiger partial charge in [0, 0.05) is 28.4 Å². The Morgan fingerprint density at radius 3 is 2.11 bits per heavy atom. The van der Waals surface area contributed by atoms with Crippen LogP contribution < -0.4 is 16.0 Å². The van der Waals surface area contributed by atoms with Crippen molar-refractivity contribution in [3.8, 4) is 0 Å². The van der Waals surface area contributed by atoms with Gasteiger partial charge in [-0.2, -0.15) is 0 Å². The Kier molecular flexibility index (Phi) is 5.44. The molecular weight excluding hydrogens is 356 g/mol. The molecule has 1 heterocycles. The summed E-state index contributed by atoms with van der Waals surface area (Å²) in [5.41, 5.74) is 1.56. The van der Waals surface area contributed by atoms with Crippen LogP contribution in [-0.4, -0.2) is 17.1 Å². The second kappa shape index (κ2) is 7.96. The van der Waals surface area contributed by atoms with Crippen LogP contribution in [0, 0.1) is 0 Å². The monoisotopic (exact) mass is 378 g/mol. The SMILES string of the molecule is CC(C)(C)c1cc(NC(=O)Nc2ccc(C(=O)Nc3ccccc3)cc2)no1. The average molecular weight is 378 g/mol. The Hall–Kier alpha value is -3.61. The third-order valence-electron chi connectivity index (χ3n) is 3.93. The highest BCUT2D eigenvalue weighted by atomic mass is 16.5. The molecule has 3 aromatic rings. The number of nitrogens with one attached hydrogen (secondary N) is 3. The van der Waals surface area contributed by atoms with E-state index in [1.165, 1.54) is 0 Å². The standard InChI is InChI=1S/C21H22N4O3/c1-21(2,3)17-13-18(25-28-17)24-20(27)23-16-11-9-14(10-12-16)19(26)22-15-7-5-4-6-8-15/h4-13H,1-3H3,(H,22,26)(H2,23,24,25,27). The molecule has 3 rings (SSSR count). The minimum atomic E-state index is -0.449. The molecule has 0 aliphatic carbocycles. The molecule has 1 aromatic heterocycles. The summed E-state index contributed by atoms with van der Waals surface area (Å²) in [6.07, 6.45) is 0. The summed E-state index contributed by atoms with van der Waals surface area (Å²) in [6, 6.07) is 17.0. The fourth-order valence-corrected chi connectivity index (χ4v) is 2.40. The number of nitrogens with zero attached hydrogens (tertiary/aromatic N) is 1. The first-order valence-corrected chi connectivity index (χ1v) is 8.83. The molecule has 0 saturated carbocycles. The number of hydrogen-bond acceptors (Lipinski definition) is 4. The molecule has 144 valence electrons. The van der Waals surface area contributed by atoms with Crippen molar-refractivity contribution in [3.05, 3.63) is 72.0 Å². The van der Waals surface area contributed by atoms with Gasteiger partial charge in [-0.25, -0.2) is 4.79 Å². The van der Waals surface area contributed by atoms with Gasteiger partial charge in [-0.1, -0.05) is 44.1 Å². The van der Waals surface area contributed by atoms with Crippen molar-refractivity contribution in [1.29, 1.82) is 0 Å². The minimum absolute atomic E-state index is 0.195. The van der Waals surface area contributed by atoms with Crippen molar-refractivity contribution in [1.82, 2.24) is 5.16 Å². The van der Waals surface area contributed by atoms with Gasteiger partial charge >= 0.3 is 6.03 Å². The van der Waals surface area contributed by atoms with Gasteiger partial charge in [0.2, 0.25) is 0 Å². The van der Waals surface area contributed by atoms with E-state index >= 15 is 0 Å². The van der Waals surface area contributed by atoms with Crippen molar-refractivity contribution in [2.45, 2.75) is 26.2 Å². The minimum Gasteiger partial charge on any atom is -0.359 e. The molecule has 0 atom stereocenters. The summed E-state index contributed by atoms with van der Waals surface area (Å²) < 4.78 is 5.23. The van der Waals surface area contributed by atoms with Gasteiger partial charge in [0.25, 0.3) is 5.91 Å². The Balaban J connectivity index is 1.57. The highest BCUT2D eigenvalue weighted by Gasteiger charge is 2.20. The van der Waals surface area contributed by atoms with Crippen LogP contribution in [0.5, 0.6) is 0 Å². The van der Waals surface area contributed by atoms with E-state index in [9.17, 15) is 9.59 Å². The van der Waals surface area contributed by atoms with Crippen LogP contribution in [0.15, 0.2) is 65.2 Å². The number of carbonyl (C=O) groups is 2. The van der Waals surface area contributed by atoms with Crippen LogP contribution in [-0.2, 0) is 5.41 Å². The molecule has 0 fully saturated rings. The van der Waals surface area contributed by atoms with Gasteiger partial charge in [0.1, 0.15) is 5.76 Å². The van der Waals surface area contributed by atoms with Crippen LogP contribution in [0.1, 0.15) is 36.9 Å². The third-order valence-corrected chi connectivity index (χ3v) is 3.93. The molecule has 0 aliphatic heterocycles. The number of amides is 3. The Labute approximate surface area is 163 Å². The second-order valence-electron chi connectivity index (χ2n) is 7.30. The van der Waals surface area contributed by atoms with Gasteiger partial charge in [0.05, 0.1) is 0 Å². The first kappa shape index (κ1) is 19.2. The maximum atomic E-state index is 12.2. The lowest BCUT2D eigenvalue weighted by Gasteiger charge is -2.12. The van der Waals surface area contributed by atoms with Crippen LogP contribution >= 0.6 is 0 Å². The first-order valence-electron chi connectivity index (χ1n) is 8.83. The number of urea groups is 1. The van der Waals surface area contributed by atoms with Crippen molar-refractivity contribution < 1.29 is 14.1 Å². The van der Waals surface area contributed by atoms with Crippen molar-refractivity contribution in [3.63, 3.8) is 0 Å². The molecule has 0 bridgehead atoms. The van der Waals surface area contributed by atoms with E-state index in [1.807, 2.05) is 51.1 Å². The van der Waals surface area contributed by atoms with Gasteiger partial charge in [0.15, 0.2) is 5.82 Å². The molecule has 0 saturated heterocycles. The molecule has 0 aliphatic rings. The number of rotatable bonds is 4. The van der Waals surface area contributed by atoms with Crippen molar-refractivity contribution in [2.24, 2.45) is 0 Å². The van der Waals surface area contributed by atoms with E-state index in [-0.39, 0.29) is 11.3 Å². The number of carbonyl (C=O) groups excluding carboxylic acids is 2. The van der Waals surface area contributed by atoms with E-state index in [1.54, 1.807) is 30.3 Å². The highest BCUT2D eigenvalue weighted by molar-refractivity contribution is 6.05. The molecule has 7 heteroatoms. The molecule has 0 unspecified atom stereocenters. The first-order chi connectivity index (χ1) is 13.3. The van der Waals surface area contributed by atoms with Gasteiger partial charge in [-0.3, -0.25) is 10.1 Å². The quantitative estimate of drug-likeness (QED) is 0.603. The molecule has 28 heavy (non-hydrogen) atoms. The lowest BCUT2D eigenvalue weighted by Crippen LogP contribution is -2.19. The Bertz CT molecular complexity index is 957. The van der Waals surface area contributed by atoms with Gasteiger partial charge in [-0.15, -0.1) is 0 Å². The van der Waals surface area contributed by atoms with Crippen molar-refractivity contribution >= 4 is 29.1 Å². The van der Waals surface area contributed by atoms with Crippen LogP contribution in [0.4, 0.5) is 22.0 Å². The predicted octanol–water partition coefficient (Wildman–Crippen LogP) is 4.87.